The fourth-order valence-corrected chi connectivity index (χ4v) is 2.28. The minimum absolute atomic E-state index is 0.188. The van der Waals surface area contributed by atoms with E-state index in [1.54, 1.807) is 12.2 Å². The molecule has 0 aromatic heterocycles. The van der Waals surface area contributed by atoms with Crippen molar-refractivity contribution in [2.24, 2.45) is 0 Å². The molecule has 0 saturated carbocycles. The zero-order valence-electron chi connectivity index (χ0n) is 15.2. The first-order chi connectivity index (χ1) is 12.2. The van der Waals surface area contributed by atoms with Crippen molar-refractivity contribution >= 4 is 5.97 Å². The Labute approximate surface area is 151 Å². The van der Waals surface area contributed by atoms with E-state index >= 15 is 0 Å². The first-order valence-electron chi connectivity index (χ1n) is 9.13. The highest BCUT2D eigenvalue weighted by molar-refractivity contribution is 5.80. The van der Waals surface area contributed by atoms with Crippen LogP contribution in [0.15, 0.2) is 48.3 Å². The molecule has 0 bridgehead atoms. The summed E-state index contributed by atoms with van der Waals surface area (Å²) in [6.07, 6.45) is 23.7. The molecule has 0 aliphatic rings. The Morgan fingerprint density at radius 3 is 2.12 bits per heavy atom. The monoisotopic (exact) mass is 352 g/mol. The molecule has 0 saturated heterocycles. The van der Waals surface area contributed by atoms with E-state index in [0.717, 1.165) is 12.5 Å². The smallest absolute Gasteiger partial charge is 0.328 e. The van der Waals surface area contributed by atoms with E-state index in [-0.39, 0.29) is 5.76 Å². The van der Waals surface area contributed by atoms with Gasteiger partial charge in [-0.15, -0.1) is 0 Å². The van der Waals surface area contributed by atoms with Crippen molar-refractivity contribution in [1.82, 2.24) is 0 Å². The van der Waals surface area contributed by atoms with Crippen molar-refractivity contribution in [3.05, 3.63) is 48.3 Å². The maximum absolute atomic E-state index is 10.4. The van der Waals surface area contributed by atoms with Crippen LogP contribution in [0.25, 0.3) is 0 Å². The van der Waals surface area contributed by atoms with E-state index in [4.69, 9.17) is 10.4 Å². The first kappa shape index (κ1) is 23.1. The number of carboxylic acid groups (broad SMARTS) is 1. The second-order valence-corrected chi connectivity index (χ2v) is 5.83. The minimum Gasteiger partial charge on any atom is -0.478 e. The lowest BCUT2D eigenvalue weighted by Gasteiger charge is -2.00. The quantitative estimate of drug-likeness (QED) is 0.0894. The van der Waals surface area contributed by atoms with Crippen LogP contribution in [0, 0.1) is 0 Å². The maximum atomic E-state index is 10.4. The van der Waals surface area contributed by atoms with Crippen LogP contribution in [0.5, 0.6) is 0 Å². The van der Waals surface area contributed by atoms with Gasteiger partial charge in [0.1, 0.15) is 0 Å². The van der Waals surface area contributed by atoms with Gasteiger partial charge in [0.15, 0.2) is 5.76 Å². The standard InChI is InChI=1S/C20H32O5/c1-2-3-4-5-6-7-8-9-10-11-12-13-14-16-19(24-25-23)17-15-18-20(21)22/h12-18,23H,2-11H2,1H3,(H,21,22)/b13-12+,16-14+,18-15+,19-17-. The van der Waals surface area contributed by atoms with Crippen molar-refractivity contribution in [1.29, 1.82) is 0 Å². The number of carboxylic acids is 1. The van der Waals surface area contributed by atoms with Crippen molar-refractivity contribution in [2.75, 3.05) is 0 Å². The topological polar surface area (TPSA) is 76.0 Å². The van der Waals surface area contributed by atoms with Gasteiger partial charge in [-0.3, -0.25) is 0 Å². The highest BCUT2D eigenvalue weighted by atomic mass is 17.5. The average molecular weight is 352 g/mol. The zero-order valence-corrected chi connectivity index (χ0v) is 15.2. The fraction of sp³-hybridized carbons (Fsp3) is 0.550. The highest BCUT2D eigenvalue weighted by Gasteiger charge is 1.93. The number of hydrogen-bond acceptors (Lipinski definition) is 4. The van der Waals surface area contributed by atoms with Crippen molar-refractivity contribution in [3.8, 4) is 0 Å². The van der Waals surface area contributed by atoms with Gasteiger partial charge in [0.25, 0.3) is 0 Å². The Balaban J connectivity index is 3.79. The van der Waals surface area contributed by atoms with E-state index in [9.17, 15) is 4.79 Å². The predicted molar refractivity (Wildman–Crippen MR) is 99.8 cm³/mol. The van der Waals surface area contributed by atoms with Crippen LogP contribution in [0.4, 0.5) is 0 Å². The Morgan fingerprint density at radius 2 is 1.52 bits per heavy atom. The number of allylic oxidation sites excluding steroid dienone is 6. The molecule has 0 fully saturated rings. The molecular formula is C20H32O5. The van der Waals surface area contributed by atoms with Gasteiger partial charge in [-0.05, 0) is 30.0 Å². The first-order valence-corrected chi connectivity index (χ1v) is 9.13. The molecule has 0 aliphatic carbocycles. The third-order valence-electron chi connectivity index (χ3n) is 3.61. The maximum Gasteiger partial charge on any atom is 0.328 e. The van der Waals surface area contributed by atoms with E-state index in [0.29, 0.717) is 0 Å². The molecule has 0 aliphatic heterocycles. The number of hydrogen-bond donors (Lipinski definition) is 2. The summed E-state index contributed by atoms with van der Waals surface area (Å²) in [4.78, 5) is 14.8. The van der Waals surface area contributed by atoms with Gasteiger partial charge in [-0.2, -0.15) is 0 Å². The van der Waals surface area contributed by atoms with Gasteiger partial charge in [0, 0.05) is 6.08 Å². The summed E-state index contributed by atoms with van der Waals surface area (Å²) in [7, 11) is 0. The van der Waals surface area contributed by atoms with Gasteiger partial charge in [0.2, 0.25) is 0 Å². The molecule has 0 amide bonds. The molecule has 0 radical (unpaired) electrons. The fourth-order valence-electron chi connectivity index (χ4n) is 2.28. The normalized spacial score (nSPS) is 12.6. The zero-order chi connectivity index (χ0) is 18.6. The van der Waals surface area contributed by atoms with Gasteiger partial charge >= 0.3 is 5.97 Å². The average Bonchev–Trinajstić information content (AvgIpc) is 2.58. The molecule has 25 heavy (non-hydrogen) atoms. The second kappa shape index (κ2) is 18.5. The summed E-state index contributed by atoms with van der Waals surface area (Å²) in [5.74, 6) is -0.877. The Bertz CT molecular complexity index is 435. The summed E-state index contributed by atoms with van der Waals surface area (Å²) in [6, 6.07) is 0. The molecule has 0 atom stereocenters. The highest BCUT2D eigenvalue weighted by Crippen LogP contribution is 2.10. The van der Waals surface area contributed by atoms with Gasteiger partial charge in [0.05, 0.1) is 0 Å². The molecular weight excluding hydrogens is 320 g/mol. The molecule has 5 heteroatoms. The SMILES string of the molecule is CCCCCCCCCCC/C=C/C=C/C(=C/C=C/C(=O)O)OOO. The summed E-state index contributed by atoms with van der Waals surface area (Å²) in [5.41, 5.74) is 0. The van der Waals surface area contributed by atoms with Crippen molar-refractivity contribution in [3.63, 3.8) is 0 Å². The van der Waals surface area contributed by atoms with E-state index in [2.05, 4.69) is 22.9 Å². The molecule has 0 unspecified atom stereocenters. The number of carbonyl (C=O) groups is 1. The number of aliphatic carboxylic acids is 1. The van der Waals surface area contributed by atoms with Crippen molar-refractivity contribution < 1.29 is 25.1 Å². The molecule has 2 N–H and O–H groups in total. The van der Waals surface area contributed by atoms with Gasteiger partial charge in [-0.1, -0.05) is 82.6 Å². The summed E-state index contributed by atoms with van der Waals surface area (Å²) >= 11 is 0. The third kappa shape index (κ3) is 18.3. The van der Waals surface area contributed by atoms with Crippen LogP contribution in [0.3, 0.4) is 0 Å². The lowest BCUT2D eigenvalue weighted by atomic mass is 10.1. The molecule has 0 aromatic rings. The van der Waals surface area contributed by atoms with Crippen LogP contribution < -0.4 is 0 Å². The van der Waals surface area contributed by atoms with Gasteiger partial charge < -0.3 is 9.99 Å². The molecule has 142 valence electrons. The van der Waals surface area contributed by atoms with Crippen LogP contribution in [-0.2, 0) is 14.7 Å². The van der Waals surface area contributed by atoms with E-state index in [1.807, 2.05) is 6.08 Å². The number of rotatable bonds is 16. The molecule has 0 rings (SSSR count). The second-order valence-electron chi connectivity index (χ2n) is 5.83. The lowest BCUT2D eigenvalue weighted by molar-refractivity contribution is -0.470. The Morgan fingerprint density at radius 1 is 0.880 bits per heavy atom. The summed E-state index contributed by atoms with van der Waals surface area (Å²) < 4.78 is 0. The molecule has 0 spiro atoms. The van der Waals surface area contributed by atoms with Crippen LogP contribution in [0.1, 0.15) is 71.1 Å². The minimum atomic E-state index is -1.06. The van der Waals surface area contributed by atoms with E-state index < -0.39 is 5.97 Å². The third-order valence-corrected chi connectivity index (χ3v) is 3.61. The summed E-state index contributed by atoms with van der Waals surface area (Å²) in [5, 5.41) is 20.4. The molecule has 0 heterocycles. The van der Waals surface area contributed by atoms with Crippen LogP contribution in [-0.4, -0.2) is 16.3 Å². The predicted octanol–water partition coefficient (Wildman–Crippen LogP) is 5.97. The lowest BCUT2D eigenvalue weighted by Crippen LogP contribution is -1.88. The van der Waals surface area contributed by atoms with Crippen LogP contribution >= 0.6 is 0 Å². The Kier molecular flexibility index (Phi) is 17.1. The van der Waals surface area contributed by atoms with Gasteiger partial charge in [-0.25, -0.2) is 10.1 Å². The van der Waals surface area contributed by atoms with Crippen molar-refractivity contribution in [2.45, 2.75) is 71.1 Å². The number of unbranched alkanes of at least 4 members (excludes halogenated alkanes) is 9. The molecule has 0 aromatic carbocycles. The molecule has 5 nitrogen and oxygen atoms in total. The largest absolute Gasteiger partial charge is 0.478 e. The Hall–Kier alpha value is -1.85. The van der Waals surface area contributed by atoms with E-state index in [1.165, 1.54) is 69.9 Å². The summed E-state index contributed by atoms with van der Waals surface area (Å²) in [6.45, 7) is 2.24. The van der Waals surface area contributed by atoms with Crippen LogP contribution in [0.2, 0.25) is 0 Å².